The van der Waals surface area contributed by atoms with Crippen LogP contribution in [-0.4, -0.2) is 32.3 Å². The molecule has 0 aliphatic heterocycles. The van der Waals surface area contributed by atoms with Crippen LogP contribution in [-0.2, 0) is 16.9 Å². The second kappa shape index (κ2) is 6.45. The second-order valence-corrected chi connectivity index (χ2v) is 6.54. The molecule has 3 rings (SSSR count). The fourth-order valence-corrected chi connectivity index (χ4v) is 2.81. The summed E-state index contributed by atoms with van der Waals surface area (Å²) in [7, 11) is 0. The SMILES string of the molecule is C[C@@](O)(C(=O)NCCn1c(C2CC2)n[nH]c1=S)c1cccc(F)c1. The van der Waals surface area contributed by atoms with Crippen molar-refractivity contribution < 1.29 is 14.3 Å². The number of carbonyl (C=O) groups excluding carboxylic acids is 1. The Morgan fingerprint density at radius 1 is 1.58 bits per heavy atom. The molecule has 128 valence electrons. The van der Waals surface area contributed by atoms with Crippen LogP contribution < -0.4 is 5.32 Å². The summed E-state index contributed by atoms with van der Waals surface area (Å²) < 4.78 is 15.7. The number of nitrogens with one attached hydrogen (secondary N) is 2. The van der Waals surface area contributed by atoms with Gasteiger partial charge in [0.2, 0.25) is 0 Å². The molecule has 1 amide bonds. The van der Waals surface area contributed by atoms with E-state index in [9.17, 15) is 14.3 Å². The van der Waals surface area contributed by atoms with Crippen LogP contribution >= 0.6 is 12.2 Å². The predicted octanol–water partition coefficient (Wildman–Crippen LogP) is 1.98. The van der Waals surface area contributed by atoms with E-state index < -0.39 is 17.3 Å². The lowest BCUT2D eigenvalue weighted by Crippen LogP contribution is -2.43. The minimum absolute atomic E-state index is 0.207. The fourth-order valence-electron chi connectivity index (χ4n) is 2.57. The van der Waals surface area contributed by atoms with Crippen LogP contribution in [0.25, 0.3) is 0 Å². The van der Waals surface area contributed by atoms with E-state index in [4.69, 9.17) is 12.2 Å². The highest BCUT2D eigenvalue weighted by molar-refractivity contribution is 7.71. The highest BCUT2D eigenvalue weighted by atomic mass is 32.1. The Kier molecular flexibility index (Phi) is 4.51. The molecule has 2 aromatic rings. The first-order valence-electron chi connectivity index (χ1n) is 7.81. The standard InChI is InChI=1S/C16H19FN4O2S/c1-16(23,11-3-2-4-12(17)9-11)14(22)18-7-8-21-13(10-5-6-10)19-20-15(21)24/h2-4,9-10,23H,5-8H2,1H3,(H,18,22)(H,20,24)/t16-/m0/s1. The lowest BCUT2D eigenvalue weighted by atomic mass is 9.95. The third kappa shape index (κ3) is 3.39. The van der Waals surface area contributed by atoms with Crippen LogP contribution in [0.15, 0.2) is 24.3 Å². The van der Waals surface area contributed by atoms with Gasteiger partial charge < -0.3 is 15.0 Å². The molecule has 1 saturated carbocycles. The minimum Gasteiger partial charge on any atom is -0.376 e. The quantitative estimate of drug-likeness (QED) is 0.696. The molecule has 1 aromatic carbocycles. The Hall–Kier alpha value is -2.06. The van der Waals surface area contributed by atoms with Gasteiger partial charge >= 0.3 is 0 Å². The molecule has 1 aliphatic rings. The lowest BCUT2D eigenvalue weighted by Gasteiger charge is -2.23. The van der Waals surface area contributed by atoms with Crippen molar-refractivity contribution in [1.82, 2.24) is 20.1 Å². The molecule has 24 heavy (non-hydrogen) atoms. The number of aromatic nitrogens is 3. The van der Waals surface area contributed by atoms with Gasteiger partial charge in [-0.25, -0.2) is 4.39 Å². The topological polar surface area (TPSA) is 82.9 Å². The molecule has 1 atom stereocenters. The predicted molar refractivity (Wildman–Crippen MR) is 88.4 cm³/mol. The van der Waals surface area contributed by atoms with E-state index in [0.29, 0.717) is 17.2 Å². The molecule has 1 heterocycles. The zero-order chi connectivity index (χ0) is 17.3. The first-order chi connectivity index (χ1) is 11.4. The third-order valence-corrected chi connectivity index (χ3v) is 4.49. The number of H-pyrrole nitrogens is 1. The van der Waals surface area contributed by atoms with Crippen molar-refractivity contribution in [3.8, 4) is 0 Å². The highest BCUT2D eigenvalue weighted by Crippen LogP contribution is 2.38. The molecule has 0 bridgehead atoms. The number of carbonyl (C=O) groups is 1. The molecule has 0 radical (unpaired) electrons. The molecule has 0 spiro atoms. The summed E-state index contributed by atoms with van der Waals surface area (Å²) in [5, 5.41) is 20.1. The summed E-state index contributed by atoms with van der Waals surface area (Å²) in [6.07, 6.45) is 2.19. The Labute approximate surface area is 143 Å². The van der Waals surface area contributed by atoms with Crippen molar-refractivity contribution in [3.63, 3.8) is 0 Å². The average Bonchev–Trinajstić information content (AvgIpc) is 3.32. The van der Waals surface area contributed by atoms with Crippen LogP contribution in [0, 0.1) is 10.6 Å². The summed E-state index contributed by atoms with van der Waals surface area (Å²) in [5.74, 6) is 0.255. The van der Waals surface area contributed by atoms with Crippen molar-refractivity contribution in [3.05, 3.63) is 46.2 Å². The fraction of sp³-hybridized carbons (Fsp3) is 0.438. The van der Waals surface area contributed by atoms with Gasteiger partial charge in [0.05, 0.1) is 0 Å². The van der Waals surface area contributed by atoms with Crippen LogP contribution in [0.1, 0.15) is 37.1 Å². The first kappa shape index (κ1) is 16.8. The minimum atomic E-state index is -1.81. The van der Waals surface area contributed by atoms with E-state index in [1.54, 1.807) is 0 Å². The van der Waals surface area contributed by atoms with Gasteiger partial charge in [-0.3, -0.25) is 9.89 Å². The van der Waals surface area contributed by atoms with E-state index in [-0.39, 0.29) is 12.1 Å². The van der Waals surface area contributed by atoms with Gasteiger partial charge in [-0.2, -0.15) is 5.10 Å². The van der Waals surface area contributed by atoms with E-state index in [1.807, 2.05) is 4.57 Å². The van der Waals surface area contributed by atoms with Crippen molar-refractivity contribution in [1.29, 1.82) is 0 Å². The zero-order valence-electron chi connectivity index (χ0n) is 13.3. The monoisotopic (exact) mass is 350 g/mol. The Balaban J connectivity index is 1.63. The number of rotatable bonds is 6. The first-order valence-corrected chi connectivity index (χ1v) is 8.22. The van der Waals surface area contributed by atoms with Crippen LogP contribution in [0.3, 0.4) is 0 Å². The maximum absolute atomic E-state index is 13.3. The van der Waals surface area contributed by atoms with E-state index >= 15 is 0 Å². The zero-order valence-corrected chi connectivity index (χ0v) is 14.1. The number of benzene rings is 1. The molecule has 0 saturated heterocycles. The van der Waals surface area contributed by atoms with Crippen LogP contribution in [0.2, 0.25) is 0 Å². The third-order valence-electron chi connectivity index (χ3n) is 4.18. The number of amides is 1. The molecule has 1 aromatic heterocycles. The molecular weight excluding hydrogens is 331 g/mol. The maximum atomic E-state index is 13.3. The summed E-state index contributed by atoms with van der Waals surface area (Å²) in [4.78, 5) is 12.3. The number of aromatic amines is 1. The molecule has 8 heteroatoms. The van der Waals surface area contributed by atoms with Gasteiger partial charge in [-0.15, -0.1) is 0 Å². The number of hydrogen-bond donors (Lipinski definition) is 3. The van der Waals surface area contributed by atoms with Crippen LogP contribution in [0.4, 0.5) is 4.39 Å². The van der Waals surface area contributed by atoms with E-state index in [0.717, 1.165) is 24.7 Å². The number of aliphatic hydroxyl groups is 1. The number of hydrogen-bond acceptors (Lipinski definition) is 4. The number of nitrogens with zero attached hydrogens (tertiary/aromatic N) is 2. The van der Waals surface area contributed by atoms with Crippen LogP contribution in [0.5, 0.6) is 0 Å². The van der Waals surface area contributed by atoms with Gasteiger partial charge in [0, 0.05) is 19.0 Å². The Bertz CT molecular complexity index is 810. The smallest absolute Gasteiger partial charge is 0.256 e. The maximum Gasteiger partial charge on any atom is 0.256 e. The van der Waals surface area contributed by atoms with Gasteiger partial charge in [-0.1, -0.05) is 12.1 Å². The Morgan fingerprint density at radius 3 is 3.00 bits per heavy atom. The summed E-state index contributed by atoms with van der Waals surface area (Å²) in [6, 6.07) is 5.38. The van der Waals surface area contributed by atoms with E-state index in [2.05, 4.69) is 15.5 Å². The van der Waals surface area contributed by atoms with Gasteiger partial charge in [-0.05, 0) is 49.7 Å². The van der Waals surface area contributed by atoms with Crippen molar-refractivity contribution >= 4 is 18.1 Å². The van der Waals surface area contributed by atoms with E-state index in [1.165, 1.54) is 25.1 Å². The van der Waals surface area contributed by atoms with Gasteiger partial charge in [0.15, 0.2) is 10.4 Å². The molecular formula is C16H19FN4O2S. The van der Waals surface area contributed by atoms with Gasteiger partial charge in [0.25, 0.3) is 5.91 Å². The lowest BCUT2D eigenvalue weighted by molar-refractivity contribution is -0.139. The van der Waals surface area contributed by atoms with Crippen molar-refractivity contribution in [2.24, 2.45) is 0 Å². The highest BCUT2D eigenvalue weighted by Gasteiger charge is 2.33. The molecule has 1 fully saturated rings. The largest absolute Gasteiger partial charge is 0.376 e. The molecule has 1 aliphatic carbocycles. The van der Waals surface area contributed by atoms with Gasteiger partial charge in [0.1, 0.15) is 11.6 Å². The van der Waals surface area contributed by atoms with Crippen molar-refractivity contribution in [2.75, 3.05) is 6.54 Å². The summed E-state index contributed by atoms with van der Waals surface area (Å²) in [5.41, 5.74) is -1.60. The molecule has 3 N–H and O–H groups in total. The Morgan fingerprint density at radius 2 is 2.33 bits per heavy atom. The molecule has 0 unspecified atom stereocenters. The number of halogens is 1. The average molecular weight is 350 g/mol. The summed E-state index contributed by atoms with van der Waals surface area (Å²) in [6.45, 7) is 2.10. The van der Waals surface area contributed by atoms with Crippen molar-refractivity contribution in [2.45, 2.75) is 37.8 Å². The molecule has 6 nitrogen and oxygen atoms in total. The second-order valence-electron chi connectivity index (χ2n) is 6.15. The normalized spacial score (nSPS) is 16.6. The summed E-state index contributed by atoms with van der Waals surface area (Å²) >= 11 is 5.20.